The van der Waals surface area contributed by atoms with Crippen LogP contribution >= 0.6 is 11.8 Å². The van der Waals surface area contributed by atoms with E-state index in [1.54, 1.807) is 0 Å². The Kier molecular flexibility index (Phi) is 6.58. The van der Waals surface area contributed by atoms with Gasteiger partial charge in [0.1, 0.15) is 5.54 Å². The molecule has 0 aromatic heterocycles. The lowest BCUT2D eigenvalue weighted by atomic mass is 9.92. The average Bonchev–Trinajstić information content (AvgIpc) is 2.43. The third kappa shape index (κ3) is 4.54. The summed E-state index contributed by atoms with van der Waals surface area (Å²) in [6, 6.07) is 12.9. The van der Waals surface area contributed by atoms with Crippen LogP contribution in [0.4, 0.5) is 0 Å². The molecule has 0 aliphatic heterocycles. The number of thioether (sulfide) groups is 1. The molecular formula is C17H26N2S. The van der Waals surface area contributed by atoms with Gasteiger partial charge in [0.15, 0.2) is 0 Å². The summed E-state index contributed by atoms with van der Waals surface area (Å²) in [7, 11) is 0. The molecule has 0 saturated heterocycles. The van der Waals surface area contributed by atoms with Gasteiger partial charge in [-0.15, -0.1) is 0 Å². The standard InChI is InChI=1S/C17H26N2S/c1-13(2)15(5)20-12-17(11-18,19-14(3)4)16-9-7-6-8-10-16/h6-10,13-15,19H,12H2,1-5H3. The first kappa shape index (κ1) is 17.1. The third-order valence-corrected chi connectivity index (χ3v) is 5.16. The molecule has 1 aromatic rings. The van der Waals surface area contributed by atoms with Crippen LogP contribution < -0.4 is 5.32 Å². The van der Waals surface area contributed by atoms with Crippen molar-refractivity contribution in [2.75, 3.05) is 5.75 Å². The molecule has 1 N–H and O–H groups in total. The van der Waals surface area contributed by atoms with E-state index in [0.29, 0.717) is 11.2 Å². The van der Waals surface area contributed by atoms with E-state index in [2.05, 4.69) is 46.0 Å². The minimum Gasteiger partial charge on any atom is -0.293 e. The van der Waals surface area contributed by atoms with E-state index < -0.39 is 5.54 Å². The number of hydrogen-bond donors (Lipinski definition) is 1. The van der Waals surface area contributed by atoms with Gasteiger partial charge < -0.3 is 0 Å². The van der Waals surface area contributed by atoms with Gasteiger partial charge in [-0.3, -0.25) is 5.32 Å². The molecule has 3 heteroatoms. The molecule has 1 aromatic carbocycles. The second-order valence-corrected chi connectivity index (χ2v) is 7.31. The van der Waals surface area contributed by atoms with Crippen molar-refractivity contribution >= 4 is 11.8 Å². The number of hydrogen-bond acceptors (Lipinski definition) is 3. The molecule has 1 rings (SSSR count). The summed E-state index contributed by atoms with van der Waals surface area (Å²) in [5, 5.41) is 13.8. The van der Waals surface area contributed by atoms with Crippen molar-refractivity contribution in [2.45, 2.75) is 51.4 Å². The third-order valence-electron chi connectivity index (χ3n) is 3.49. The minimum absolute atomic E-state index is 0.268. The normalized spacial score (nSPS) is 15.9. The van der Waals surface area contributed by atoms with Crippen LogP contribution in [-0.2, 0) is 5.54 Å². The predicted octanol–water partition coefficient (Wildman–Crippen LogP) is 4.18. The van der Waals surface area contributed by atoms with E-state index in [9.17, 15) is 5.26 Å². The maximum Gasteiger partial charge on any atom is 0.141 e. The smallest absolute Gasteiger partial charge is 0.141 e. The number of nitrogens with zero attached hydrogens (tertiary/aromatic N) is 1. The number of nitriles is 1. The summed E-state index contributed by atoms with van der Waals surface area (Å²) in [5.41, 5.74) is 0.447. The Morgan fingerprint density at radius 3 is 2.20 bits per heavy atom. The first-order valence-corrected chi connectivity index (χ1v) is 8.32. The molecule has 0 aliphatic rings. The maximum absolute atomic E-state index is 9.80. The highest BCUT2D eigenvalue weighted by Crippen LogP contribution is 2.30. The lowest BCUT2D eigenvalue weighted by molar-refractivity contribution is 0.424. The molecule has 0 radical (unpaired) electrons. The summed E-state index contributed by atoms with van der Waals surface area (Å²) < 4.78 is 0. The van der Waals surface area contributed by atoms with Crippen LogP contribution in [0.25, 0.3) is 0 Å². The summed E-state index contributed by atoms with van der Waals surface area (Å²) in [6.07, 6.45) is 0. The molecule has 0 saturated carbocycles. The van der Waals surface area contributed by atoms with Crippen LogP contribution in [0.1, 0.15) is 40.2 Å². The van der Waals surface area contributed by atoms with Gasteiger partial charge >= 0.3 is 0 Å². The first-order valence-electron chi connectivity index (χ1n) is 7.27. The highest BCUT2D eigenvalue weighted by Gasteiger charge is 2.33. The van der Waals surface area contributed by atoms with Gasteiger partial charge in [0.25, 0.3) is 0 Å². The van der Waals surface area contributed by atoms with E-state index in [4.69, 9.17) is 0 Å². The Bertz CT molecular complexity index is 436. The number of nitrogens with one attached hydrogen (secondary N) is 1. The Morgan fingerprint density at radius 1 is 1.15 bits per heavy atom. The van der Waals surface area contributed by atoms with E-state index in [1.165, 1.54) is 0 Å². The fourth-order valence-corrected chi connectivity index (χ4v) is 3.21. The topological polar surface area (TPSA) is 35.8 Å². The highest BCUT2D eigenvalue weighted by atomic mass is 32.2. The molecule has 2 unspecified atom stereocenters. The maximum atomic E-state index is 9.80. The van der Waals surface area contributed by atoms with Gasteiger partial charge in [0.2, 0.25) is 0 Å². The fourth-order valence-electron chi connectivity index (χ4n) is 2.00. The van der Waals surface area contributed by atoms with Crippen molar-refractivity contribution in [1.82, 2.24) is 5.32 Å². The van der Waals surface area contributed by atoms with Crippen molar-refractivity contribution < 1.29 is 0 Å². The minimum atomic E-state index is -0.608. The fraction of sp³-hybridized carbons (Fsp3) is 0.588. The van der Waals surface area contributed by atoms with Gasteiger partial charge in [-0.25, -0.2) is 0 Å². The van der Waals surface area contributed by atoms with Crippen LogP contribution in [0.5, 0.6) is 0 Å². The number of benzene rings is 1. The van der Waals surface area contributed by atoms with Gasteiger partial charge in [-0.2, -0.15) is 17.0 Å². The second-order valence-electron chi connectivity index (χ2n) is 5.94. The van der Waals surface area contributed by atoms with E-state index in [-0.39, 0.29) is 6.04 Å². The Labute approximate surface area is 128 Å². The van der Waals surface area contributed by atoms with E-state index >= 15 is 0 Å². The molecule has 2 nitrogen and oxygen atoms in total. The largest absolute Gasteiger partial charge is 0.293 e. The van der Waals surface area contributed by atoms with Crippen molar-refractivity contribution in [2.24, 2.45) is 5.92 Å². The van der Waals surface area contributed by atoms with Gasteiger partial charge in [-0.1, -0.05) is 51.1 Å². The van der Waals surface area contributed by atoms with Crippen LogP contribution in [0.3, 0.4) is 0 Å². The SMILES string of the molecule is CC(C)NC(C#N)(CSC(C)C(C)C)c1ccccc1. The molecule has 2 atom stereocenters. The average molecular weight is 290 g/mol. The molecule has 0 bridgehead atoms. The van der Waals surface area contributed by atoms with Gasteiger partial charge in [-0.05, 0) is 25.3 Å². The van der Waals surface area contributed by atoms with Crippen LogP contribution in [0.2, 0.25) is 0 Å². The molecule has 110 valence electrons. The van der Waals surface area contributed by atoms with Gasteiger partial charge in [0.05, 0.1) is 6.07 Å². The zero-order valence-corrected chi connectivity index (χ0v) is 14.0. The van der Waals surface area contributed by atoms with Crippen LogP contribution in [0, 0.1) is 17.2 Å². The van der Waals surface area contributed by atoms with Crippen LogP contribution in [-0.4, -0.2) is 17.0 Å². The molecule has 0 aliphatic carbocycles. The Balaban J connectivity index is 2.98. The molecule has 0 amide bonds. The van der Waals surface area contributed by atoms with Gasteiger partial charge in [0, 0.05) is 17.0 Å². The molecular weight excluding hydrogens is 264 g/mol. The monoisotopic (exact) mass is 290 g/mol. The van der Waals surface area contributed by atoms with Crippen LogP contribution in [0.15, 0.2) is 30.3 Å². The van der Waals surface area contributed by atoms with E-state index in [0.717, 1.165) is 11.3 Å². The lowest BCUT2D eigenvalue weighted by Gasteiger charge is -2.32. The summed E-state index contributed by atoms with van der Waals surface area (Å²) >= 11 is 1.87. The van der Waals surface area contributed by atoms with Crippen molar-refractivity contribution in [1.29, 1.82) is 5.26 Å². The quantitative estimate of drug-likeness (QED) is 0.818. The zero-order valence-electron chi connectivity index (χ0n) is 13.2. The summed E-state index contributed by atoms with van der Waals surface area (Å²) in [4.78, 5) is 0. The highest BCUT2D eigenvalue weighted by molar-refractivity contribution is 7.99. The first-order chi connectivity index (χ1) is 9.41. The Hall–Kier alpha value is -0.980. The Morgan fingerprint density at radius 2 is 1.75 bits per heavy atom. The summed E-state index contributed by atoms with van der Waals surface area (Å²) in [6.45, 7) is 10.9. The van der Waals surface area contributed by atoms with Crippen molar-refractivity contribution in [3.05, 3.63) is 35.9 Å². The predicted molar refractivity (Wildman–Crippen MR) is 88.8 cm³/mol. The number of rotatable bonds is 7. The van der Waals surface area contributed by atoms with Crippen molar-refractivity contribution in [3.63, 3.8) is 0 Å². The molecule has 0 heterocycles. The molecule has 0 fully saturated rings. The molecule has 0 spiro atoms. The van der Waals surface area contributed by atoms with E-state index in [1.807, 2.05) is 42.1 Å². The summed E-state index contributed by atoms with van der Waals surface area (Å²) in [5.74, 6) is 1.39. The van der Waals surface area contributed by atoms with Crippen molar-refractivity contribution in [3.8, 4) is 6.07 Å². The zero-order chi connectivity index (χ0) is 15.2. The second kappa shape index (κ2) is 7.71. The lowest BCUT2D eigenvalue weighted by Crippen LogP contribution is -2.47. The molecule has 20 heavy (non-hydrogen) atoms.